The molecule has 0 radical (unpaired) electrons. The molecule has 0 atom stereocenters. The number of hydrogen-bond donors (Lipinski definition) is 1. The molecule has 1 aliphatic heterocycles. The predicted molar refractivity (Wildman–Crippen MR) is 83.4 cm³/mol. The number of benzene rings is 2. The molecule has 0 bridgehead atoms. The van der Waals surface area contributed by atoms with Crippen LogP contribution in [0.15, 0.2) is 48.5 Å². The first-order chi connectivity index (χ1) is 11.1. The van der Waals surface area contributed by atoms with Crippen LogP contribution in [0, 0.1) is 0 Å². The lowest BCUT2D eigenvalue weighted by Gasteiger charge is -2.14. The topological polar surface area (TPSA) is 75.7 Å². The van der Waals surface area contributed by atoms with E-state index < -0.39 is 17.7 Å². The number of anilines is 1. The maximum Gasteiger partial charge on any atom is 0.262 e. The minimum atomic E-state index is -0.469. The Labute approximate surface area is 132 Å². The quantitative estimate of drug-likeness (QED) is 0.876. The van der Waals surface area contributed by atoms with Crippen molar-refractivity contribution >= 4 is 23.4 Å². The summed E-state index contributed by atoms with van der Waals surface area (Å²) >= 11 is 0. The van der Waals surface area contributed by atoms with Crippen LogP contribution in [0.4, 0.5) is 5.69 Å². The summed E-state index contributed by atoms with van der Waals surface area (Å²) in [5.41, 5.74) is 1.13. The molecule has 6 heteroatoms. The highest BCUT2D eigenvalue weighted by Gasteiger charge is 2.36. The molecule has 6 nitrogen and oxygen atoms in total. The predicted octanol–water partition coefficient (Wildman–Crippen LogP) is 1.93. The number of nitrogens with zero attached hydrogens (tertiary/aromatic N) is 1. The Balaban J connectivity index is 1.74. The van der Waals surface area contributed by atoms with Gasteiger partial charge in [0, 0.05) is 0 Å². The number of amides is 3. The van der Waals surface area contributed by atoms with Gasteiger partial charge in [-0.05, 0) is 24.3 Å². The number of carbonyl (C=O) groups excluding carboxylic acids is 3. The number of para-hydroxylation sites is 2. The van der Waals surface area contributed by atoms with E-state index in [1.54, 1.807) is 48.5 Å². The van der Waals surface area contributed by atoms with Gasteiger partial charge < -0.3 is 10.1 Å². The van der Waals surface area contributed by atoms with Gasteiger partial charge in [0.05, 0.1) is 23.9 Å². The molecule has 0 aliphatic carbocycles. The molecule has 0 fully saturated rings. The van der Waals surface area contributed by atoms with Crippen LogP contribution >= 0.6 is 0 Å². The van der Waals surface area contributed by atoms with Gasteiger partial charge in [0.1, 0.15) is 12.3 Å². The van der Waals surface area contributed by atoms with Gasteiger partial charge >= 0.3 is 0 Å². The number of methoxy groups -OCH3 is 1. The summed E-state index contributed by atoms with van der Waals surface area (Å²) in [5, 5.41) is 2.65. The van der Waals surface area contributed by atoms with Gasteiger partial charge in [0.2, 0.25) is 5.91 Å². The molecule has 0 unspecified atom stereocenters. The Bertz CT molecular complexity index is 766. The number of carbonyl (C=O) groups is 3. The standard InChI is InChI=1S/C17H14N2O4/c1-23-14-9-5-4-8-13(14)18-15(20)10-19-16(21)11-6-2-3-7-12(11)17(19)22/h2-9H,10H2,1H3,(H,18,20). The van der Waals surface area contributed by atoms with E-state index in [9.17, 15) is 14.4 Å². The third-order valence-corrected chi connectivity index (χ3v) is 3.56. The zero-order valence-electron chi connectivity index (χ0n) is 12.4. The fraction of sp³-hybridized carbons (Fsp3) is 0.118. The summed E-state index contributed by atoms with van der Waals surface area (Å²) in [5.74, 6) is -0.881. The number of imide groups is 1. The molecule has 0 aromatic heterocycles. The van der Waals surface area contributed by atoms with Crippen molar-refractivity contribution in [2.24, 2.45) is 0 Å². The summed E-state index contributed by atoms with van der Waals surface area (Å²) in [6.07, 6.45) is 0. The first-order valence-electron chi connectivity index (χ1n) is 7.00. The highest BCUT2D eigenvalue weighted by Crippen LogP contribution is 2.24. The summed E-state index contributed by atoms with van der Waals surface area (Å²) in [6, 6.07) is 13.4. The Morgan fingerprint density at radius 1 is 1.00 bits per heavy atom. The Morgan fingerprint density at radius 2 is 1.57 bits per heavy atom. The number of rotatable bonds is 4. The zero-order valence-corrected chi connectivity index (χ0v) is 12.4. The van der Waals surface area contributed by atoms with Crippen molar-refractivity contribution in [2.45, 2.75) is 0 Å². The highest BCUT2D eigenvalue weighted by atomic mass is 16.5. The minimum absolute atomic E-state index is 0.322. The molecular weight excluding hydrogens is 296 g/mol. The molecule has 3 amide bonds. The Kier molecular flexibility index (Phi) is 3.80. The lowest BCUT2D eigenvalue weighted by molar-refractivity contribution is -0.116. The van der Waals surface area contributed by atoms with Gasteiger partial charge in [-0.25, -0.2) is 0 Å². The zero-order chi connectivity index (χ0) is 16.4. The summed E-state index contributed by atoms with van der Waals surface area (Å²) < 4.78 is 5.15. The number of nitrogens with one attached hydrogen (secondary N) is 1. The maximum atomic E-state index is 12.2. The van der Waals surface area contributed by atoms with Gasteiger partial charge in [0.25, 0.3) is 11.8 Å². The van der Waals surface area contributed by atoms with E-state index in [2.05, 4.69) is 5.32 Å². The average Bonchev–Trinajstić information content (AvgIpc) is 2.81. The Hall–Kier alpha value is -3.15. The van der Waals surface area contributed by atoms with Crippen molar-refractivity contribution < 1.29 is 19.1 Å². The molecule has 116 valence electrons. The van der Waals surface area contributed by atoms with Gasteiger partial charge in [-0.1, -0.05) is 24.3 Å². The van der Waals surface area contributed by atoms with Crippen LogP contribution in [0.25, 0.3) is 0 Å². The first-order valence-corrected chi connectivity index (χ1v) is 7.00. The fourth-order valence-corrected chi connectivity index (χ4v) is 2.46. The van der Waals surface area contributed by atoms with E-state index in [-0.39, 0.29) is 6.54 Å². The minimum Gasteiger partial charge on any atom is -0.495 e. The molecule has 0 saturated heterocycles. The number of ether oxygens (including phenoxy) is 1. The van der Waals surface area contributed by atoms with Crippen molar-refractivity contribution in [3.8, 4) is 5.75 Å². The maximum absolute atomic E-state index is 12.2. The lowest BCUT2D eigenvalue weighted by atomic mass is 10.1. The van der Waals surface area contributed by atoms with Crippen molar-refractivity contribution in [1.29, 1.82) is 0 Å². The first kappa shape index (κ1) is 14.8. The Morgan fingerprint density at radius 3 is 2.17 bits per heavy atom. The van der Waals surface area contributed by atoms with E-state index in [0.29, 0.717) is 22.6 Å². The second-order valence-corrected chi connectivity index (χ2v) is 4.99. The largest absolute Gasteiger partial charge is 0.495 e. The van der Waals surface area contributed by atoms with Crippen molar-refractivity contribution in [1.82, 2.24) is 4.90 Å². The van der Waals surface area contributed by atoms with Crippen LogP contribution in [-0.2, 0) is 4.79 Å². The van der Waals surface area contributed by atoms with Crippen LogP contribution in [0.1, 0.15) is 20.7 Å². The molecule has 1 aliphatic rings. The van der Waals surface area contributed by atoms with E-state index in [1.807, 2.05) is 0 Å². The van der Waals surface area contributed by atoms with E-state index >= 15 is 0 Å². The van der Waals surface area contributed by atoms with E-state index in [0.717, 1.165) is 4.90 Å². The van der Waals surface area contributed by atoms with Crippen LogP contribution in [0.3, 0.4) is 0 Å². The molecule has 2 aromatic rings. The molecule has 1 heterocycles. The SMILES string of the molecule is COc1ccccc1NC(=O)CN1C(=O)c2ccccc2C1=O. The summed E-state index contributed by atoms with van der Waals surface area (Å²) in [7, 11) is 1.50. The second kappa shape index (κ2) is 5.92. The van der Waals surface area contributed by atoms with Crippen LogP contribution < -0.4 is 10.1 Å². The molecule has 1 N–H and O–H groups in total. The van der Waals surface area contributed by atoms with E-state index in [1.165, 1.54) is 7.11 Å². The summed E-state index contributed by atoms with van der Waals surface area (Å²) in [4.78, 5) is 37.5. The van der Waals surface area contributed by atoms with Crippen LogP contribution in [-0.4, -0.2) is 36.3 Å². The molecule has 23 heavy (non-hydrogen) atoms. The normalized spacial score (nSPS) is 13.0. The fourth-order valence-electron chi connectivity index (χ4n) is 2.46. The molecular formula is C17H14N2O4. The second-order valence-electron chi connectivity index (χ2n) is 4.99. The van der Waals surface area contributed by atoms with Crippen LogP contribution in [0.5, 0.6) is 5.75 Å². The summed E-state index contributed by atoms with van der Waals surface area (Å²) in [6.45, 7) is -0.343. The third kappa shape index (κ3) is 2.66. The molecule has 0 saturated carbocycles. The molecule has 0 spiro atoms. The van der Waals surface area contributed by atoms with Crippen molar-refractivity contribution in [3.63, 3.8) is 0 Å². The highest BCUT2D eigenvalue weighted by molar-refractivity contribution is 6.22. The van der Waals surface area contributed by atoms with E-state index in [4.69, 9.17) is 4.74 Å². The van der Waals surface area contributed by atoms with Crippen molar-refractivity contribution in [2.75, 3.05) is 19.0 Å². The van der Waals surface area contributed by atoms with Crippen molar-refractivity contribution in [3.05, 3.63) is 59.7 Å². The number of fused-ring (bicyclic) bond motifs is 1. The van der Waals surface area contributed by atoms with Gasteiger partial charge in [0.15, 0.2) is 0 Å². The van der Waals surface area contributed by atoms with Gasteiger partial charge in [-0.3, -0.25) is 19.3 Å². The average molecular weight is 310 g/mol. The van der Waals surface area contributed by atoms with Gasteiger partial charge in [-0.15, -0.1) is 0 Å². The van der Waals surface area contributed by atoms with Crippen LogP contribution in [0.2, 0.25) is 0 Å². The third-order valence-electron chi connectivity index (χ3n) is 3.56. The monoisotopic (exact) mass is 310 g/mol. The number of hydrogen-bond acceptors (Lipinski definition) is 4. The molecule has 3 rings (SSSR count). The lowest BCUT2D eigenvalue weighted by Crippen LogP contribution is -2.37. The van der Waals surface area contributed by atoms with Gasteiger partial charge in [-0.2, -0.15) is 0 Å². The smallest absolute Gasteiger partial charge is 0.262 e. The molecule has 2 aromatic carbocycles.